The van der Waals surface area contributed by atoms with Gasteiger partial charge in [0.05, 0.1) is 30.0 Å². The Labute approximate surface area is 197 Å². The maximum Gasteiger partial charge on any atom is 0.433 e. The number of carbonyl (C=O) groups is 1. The quantitative estimate of drug-likeness (QED) is 0.496. The number of pyridine rings is 1. The number of rotatable bonds is 5. The molecule has 3 heterocycles. The molecule has 7 nitrogen and oxygen atoms in total. The largest absolute Gasteiger partial charge is 0.433 e. The fourth-order valence-electron chi connectivity index (χ4n) is 4.28. The minimum Gasteiger partial charge on any atom is -0.382 e. The first-order valence-corrected chi connectivity index (χ1v) is 11.2. The lowest BCUT2D eigenvalue weighted by Gasteiger charge is -2.48. The summed E-state index contributed by atoms with van der Waals surface area (Å²) in [6.07, 6.45) is 0.577. The van der Waals surface area contributed by atoms with Crippen LogP contribution in [0.5, 0.6) is 0 Å². The van der Waals surface area contributed by atoms with Crippen molar-refractivity contribution in [1.82, 2.24) is 25.0 Å². The van der Waals surface area contributed by atoms with Crippen molar-refractivity contribution in [1.29, 1.82) is 0 Å². The molecule has 0 spiro atoms. The zero-order chi connectivity index (χ0) is 24.0. The molecule has 2 aromatic heterocycles. The lowest BCUT2D eigenvalue weighted by molar-refractivity contribution is -0.140. The topological polar surface area (TPSA) is 75.1 Å². The third-order valence-corrected chi connectivity index (χ3v) is 6.63. The van der Waals surface area contributed by atoms with E-state index < -0.39 is 23.7 Å². The molecule has 2 N–H and O–H groups in total. The molecule has 12 heteroatoms. The van der Waals surface area contributed by atoms with Gasteiger partial charge in [-0.1, -0.05) is 11.6 Å². The first-order chi connectivity index (χ1) is 16.2. The Balaban J connectivity index is 1.42. The molecular formula is C22H21ClF4N6O. The number of anilines is 1. The van der Waals surface area contributed by atoms with Crippen LogP contribution in [-0.4, -0.2) is 50.9 Å². The summed E-state index contributed by atoms with van der Waals surface area (Å²) in [6, 6.07) is 4.45. The van der Waals surface area contributed by atoms with Crippen LogP contribution in [0.3, 0.4) is 0 Å². The van der Waals surface area contributed by atoms with E-state index in [0.717, 1.165) is 31.5 Å². The Kier molecular flexibility index (Phi) is 5.75. The van der Waals surface area contributed by atoms with Crippen LogP contribution in [0.1, 0.15) is 31.0 Å². The Bertz CT molecular complexity index is 1230. The lowest BCUT2D eigenvalue weighted by Crippen LogP contribution is -2.65. The van der Waals surface area contributed by atoms with Crippen LogP contribution in [0.25, 0.3) is 10.9 Å². The number of halogens is 5. The second kappa shape index (κ2) is 8.61. The molecule has 0 bridgehead atoms. The molecule has 1 aliphatic carbocycles. The molecule has 5 rings (SSSR count). The minimum absolute atomic E-state index is 0.118. The van der Waals surface area contributed by atoms with Crippen LogP contribution < -0.4 is 10.6 Å². The highest BCUT2D eigenvalue weighted by Gasteiger charge is 2.44. The van der Waals surface area contributed by atoms with Gasteiger partial charge in [0.15, 0.2) is 5.82 Å². The van der Waals surface area contributed by atoms with Crippen molar-refractivity contribution in [3.05, 3.63) is 53.2 Å². The Morgan fingerprint density at radius 1 is 1.24 bits per heavy atom. The standard InChI is InChI=1S/C22H21ClF4N6O/c23-12-4-5-16-15(6-12)17(7-20(31-16)22(25,26)27)28-9-18-19(33-10-13(24)8-29-33)11-32(18)21(34)30-14-2-1-3-14/h4-8,10,14,18-19H,1-3,9,11H2,(H,28,31)(H,30,34). The summed E-state index contributed by atoms with van der Waals surface area (Å²) in [5.41, 5.74) is -0.708. The average Bonchev–Trinajstić information content (AvgIpc) is 3.15. The van der Waals surface area contributed by atoms with Crippen molar-refractivity contribution in [3.63, 3.8) is 0 Å². The van der Waals surface area contributed by atoms with Gasteiger partial charge in [-0.2, -0.15) is 18.3 Å². The fraction of sp³-hybridized carbons (Fsp3) is 0.409. The number of urea groups is 1. The van der Waals surface area contributed by atoms with Crippen LogP contribution in [-0.2, 0) is 6.18 Å². The Hall–Kier alpha value is -3.08. The molecule has 2 aliphatic rings. The van der Waals surface area contributed by atoms with E-state index in [-0.39, 0.29) is 35.9 Å². The number of aromatic nitrogens is 3. The second-order valence-electron chi connectivity index (χ2n) is 8.60. The number of fused-ring (bicyclic) bond motifs is 1. The Morgan fingerprint density at radius 3 is 2.68 bits per heavy atom. The van der Waals surface area contributed by atoms with E-state index in [0.29, 0.717) is 17.0 Å². The summed E-state index contributed by atoms with van der Waals surface area (Å²) in [7, 11) is 0. The van der Waals surface area contributed by atoms with E-state index in [2.05, 4.69) is 20.7 Å². The summed E-state index contributed by atoms with van der Waals surface area (Å²) in [6.45, 7) is 0.426. The molecule has 2 fully saturated rings. The molecular weight excluding hydrogens is 476 g/mol. The van der Waals surface area contributed by atoms with Gasteiger partial charge in [0.25, 0.3) is 0 Å². The van der Waals surface area contributed by atoms with E-state index in [4.69, 9.17) is 11.6 Å². The number of nitrogens with one attached hydrogen (secondary N) is 2. The molecule has 34 heavy (non-hydrogen) atoms. The van der Waals surface area contributed by atoms with E-state index in [1.807, 2.05) is 0 Å². The third-order valence-electron chi connectivity index (χ3n) is 6.39. The smallest absolute Gasteiger partial charge is 0.382 e. The molecule has 1 aliphatic heterocycles. The van der Waals surface area contributed by atoms with Gasteiger partial charge in [-0.15, -0.1) is 0 Å². The minimum atomic E-state index is -4.63. The molecule has 2 amide bonds. The molecule has 1 saturated heterocycles. The number of carbonyl (C=O) groups excluding carboxylic acids is 1. The first-order valence-electron chi connectivity index (χ1n) is 10.9. The van der Waals surface area contributed by atoms with Crippen LogP contribution in [0.2, 0.25) is 5.02 Å². The van der Waals surface area contributed by atoms with Crippen molar-refractivity contribution in [3.8, 4) is 0 Å². The van der Waals surface area contributed by atoms with Gasteiger partial charge < -0.3 is 15.5 Å². The van der Waals surface area contributed by atoms with Crippen LogP contribution in [0.15, 0.2) is 36.7 Å². The van der Waals surface area contributed by atoms with Crippen molar-refractivity contribution >= 4 is 34.2 Å². The predicted molar refractivity (Wildman–Crippen MR) is 118 cm³/mol. The van der Waals surface area contributed by atoms with E-state index >= 15 is 0 Å². The molecule has 2 unspecified atom stereocenters. The normalized spacial score (nSPS) is 20.7. The highest BCUT2D eigenvalue weighted by atomic mass is 35.5. The number of amides is 2. The molecule has 1 aromatic carbocycles. The zero-order valence-corrected chi connectivity index (χ0v) is 18.6. The fourth-order valence-corrected chi connectivity index (χ4v) is 4.45. The Morgan fingerprint density at radius 2 is 2.03 bits per heavy atom. The number of hydrogen-bond donors (Lipinski definition) is 2. The van der Waals surface area contributed by atoms with Gasteiger partial charge >= 0.3 is 12.2 Å². The number of benzene rings is 1. The van der Waals surface area contributed by atoms with Gasteiger partial charge in [0.1, 0.15) is 5.69 Å². The molecule has 2 atom stereocenters. The summed E-state index contributed by atoms with van der Waals surface area (Å²) in [5, 5.41) is 10.8. The zero-order valence-electron chi connectivity index (χ0n) is 17.8. The maximum atomic E-state index is 13.6. The van der Waals surface area contributed by atoms with Crippen LogP contribution in [0.4, 0.5) is 28.0 Å². The summed E-state index contributed by atoms with van der Waals surface area (Å²) >= 11 is 6.07. The third kappa shape index (κ3) is 4.36. The van der Waals surface area contributed by atoms with Gasteiger partial charge in [-0.25, -0.2) is 14.2 Å². The number of alkyl halides is 3. The summed E-state index contributed by atoms with van der Waals surface area (Å²) in [4.78, 5) is 18.1. The molecule has 0 radical (unpaired) electrons. The molecule has 180 valence electrons. The molecule has 3 aromatic rings. The molecule has 1 saturated carbocycles. The second-order valence-corrected chi connectivity index (χ2v) is 9.03. The highest BCUT2D eigenvalue weighted by molar-refractivity contribution is 6.31. The van der Waals surface area contributed by atoms with E-state index in [9.17, 15) is 22.4 Å². The lowest BCUT2D eigenvalue weighted by atomic mass is 9.92. The maximum absolute atomic E-state index is 13.6. The van der Waals surface area contributed by atoms with Gasteiger partial charge in [-0.3, -0.25) is 4.68 Å². The van der Waals surface area contributed by atoms with Gasteiger partial charge in [0.2, 0.25) is 0 Å². The van der Waals surface area contributed by atoms with Gasteiger partial charge in [0, 0.05) is 35.2 Å². The van der Waals surface area contributed by atoms with E-state index in [1.54, 1.807) is 4.90 Å². The van der Waals surface area contributed by atoms with Crippen molar-refractivity contribution < 1.29 is 22.4 Å². The number of hydrogen-bond acceptors (Lipinski definition) is 4. The first kappa shape index (κ1) is 22.7. The van der Waals surface area contributed by atoms with Crippen molar-refractivity contribution in [2.45, 2.75) is 43.6 Å². The summed E-state index contributed by atoms with van der Waals surface area (Å²) in [5.74, 6) is -0.506. The predicted octanol–water partition coefficient (Wildman–Crippen LogP) is 4.84. The monoisotopic (exact) mass is 496 g/mol. The van der Waals surface area contributed by atoms with E-state index in [1.165, 1.54) is 29.1 Å². The SMILES string of the molecule is O=C(NC1CCC1)N1CC(n2cc(F)cn2)C1CNc1cc(C(F)(F)F)nc2ccc(Cl)cc12. The van der Waals surface area contributed by atoms with Crippen molar-refractivity contribution in [2.75, 3.05) is 18.4 Å². The number of likely N-dealkylation sites (tertiary alicyclic amines) is 1. The number of nitrogens with zero attached hydrogens (tertiary/aromatic N) is 4. The van der Waals surface area contributed by atoms with Crippen LogP contribution >= 0.6 is 11.6 Å². The summed E-state index contributed by atoms with van der Waals surface area (Å²) < 4.78 is 55.3. The average molecular weight is 497 g/mol. The van der Waals surface area contributed by atoms with Crippen LogP contribution in [0, 0.1) is 5.82 Å². The van der Waals surface area contributed by atoms with Crippen molar-refractivity contribution in [2.24, 2.45) is 0 Å². The van der Waals surface area contributed by atoms with Gasteiger partial charge in [-0.05, 0) is 43.5 Å². The highest BCUT2D eigenvalue weighted by Crippen LogP contribution is 2.35.